The van der Waals surface area contributed by atoms with E-state index in [0.717, 1.165) is 22.7 Å². The van der Waals surface area contributed by atoms with Gasteiger partial charge in [0, 0.05) is 12.1 Å². The third-order valence-corrected chi connectivity index (χ3v) is 4.17. The average Bonchev–Trinajstić information content (AvgIpc) is 3.05. The van der Waals surface area contributed by atoms with Crippen molar-refractivity contribution in [2.24, 2.45) is 5.41 Å². The molecule has 2 rings (SSSR count). The molecule has 5 nitrogen and oxygen atoms in total. The second-order valence-electron chi connectivity index (χ2n) is 7.33. The van der Waals surface area contributed by atoms with Gasteiger partial charge in [0.1, 0.15) is 5.76 Å². The van der Waals surface area contributed by atoms with Crippen LogP contribution >= 0.6 is 0 Å². The van der Waals surface area contributed by atoms with Crippen molar-refractivity contribution in [1.29, 1.82) is 0 Å². The van der Waals surface area contributed by atoms with Gasteiger partial charge in [0.05, 0.1) is 18.0 Å². The van der Waals surface area contributed by atoms with Crippen LogP contribution in [0.3, 0.4) is 0 Å². The highest BCUT2D eigenvalue weighted by Gasteiger charge is 2.30. The molecule has 0 spiro atoms. The molecule has 2 N–H and O–H groups in total. The van der Waals surface area contributed by atoms with Crippen LogP contribution in [-0.4, -0.2) is 16.1 Å². The summed E-state index contributed by atoms with van der Waals surface area (Å²) in [6.07, 6.45) is 2.07. The molecular weight excluding hydrogens is 290 g/mol. The smallest absolute Gasteiger partial charge is 0.221 e. The fraction of sp³-hybridized carbons (Fsp3) is 0.556. The van der Waals surface area contributed by atoms with Crippen molar-refractivity contribution < 1.29 is 9.21 Å². The Balaban J connectivity index is 2.08. The summed E-state index contributed by atoms with van der Waals surface area (Å²) in [6.45, 7) is 12.3. The quantitative estimate of drug-likeness (QED) is 0.875. The van der Waals surface area contributed by atoms with Crippen molar-refractivity contribution in [3.05, 3.63) is 41.1 Å². The van der Waals surface area contributed by atoms with Crippen molar-refractivity contribution in [3.8, 4) is 0 Å². The van der Waals surface area contributed by atoms with Crippen LogP contribution in [0.5, 0.6) is 0 Å². The average molecular weight is 317 g/mol. The molecule has 0 saturated heterocycles. The van der Waals surface area contributed by atoms with E-state index in [1.165, 1.54) is 0 Å². The van der Waals surface area contributed by atoms with Crippen molar-refractivity contribution in [1.82, 2.24) is 15.5 Å². The number of aromatic nitrogens is 2. The number of carbonyl (C=O) groups excluding carboxylic acids is 1. The minimum Gasteiger partial charge on any atom is -0.467 e. The molecule has 0 bridgehead atoms. The lowest BCUT2D eigenvalue weighted by molar-refractivity contribution is -0.123. The monoisotopic (exact) mass is 317 g/mol. The van der Waals surface area contributed by atoms with Gasteiger partial charge >= 0.3 is 0 Å². The van der Waals surface area contributed by atoms with E-state index in [2.05, 4.69) is 43.2 Å². The Morgan fingerprint density at radius 1 is 1.39 bits per heavy atom. The van der Waals surface area contributed by atoms with Gasteiger partial charge in [0.15, 0.2) is 0 Å². The first-order valence-corrected chi connectivity index (χ1v) is 8.04. The van der Waals surface area contributed by atoms with E-state index in [9.17, 15) is 4.79 Å². The molecule has 0 aliphatic rings. The zero-order chi connectivity index (χ0) is 17.2. The fourth-order valence-electron chi connectivity index (χ4n) is 3.06. The summed E-state index contributed by atoms with van der Waals surface area (Å²) in [5.74, 6) is 0.925. The Hall–Kier alpha value is -2.04. The van der Waals surface area contributed by atoms with Crippen LogP contribution in [0.2, 0.25) is 0 Å². The summed E-state index contributed by atoms with van der Waals surface area (Å²) >= 11 is 0. The number of furan rings is 1. The Bertz CT molecular complexity index is 631. The largest absolute Gasteiger partial charge is 0.467 e. The molecule has 0 aliphatic carbocycles. The lowest BCUT2D eigenvalue weighted by Gasteiger charge is -2.30. The first-order chi connectivity index (χ1) is 10.7. The number of hydrogen-bond acceptors (Lipinski definition) is 3. The highest BCUT2D eigenvalue weighted by atomic mass is 16.3. The van der Waals surface area contributed by atoms with Gasteiger partial charge in [0.2, 0.25) is 5.91 Å². The van der Waals surface area contributed by atoms with E-state index in [1.807, 2.05) is 26.0 Å². The topological polar surface area (TPSA) is 70.9 Å². The van der Waals surface area contributed by atoms with Crippen LogP contribution in [0.4, 0.5) is 0 Å². The van der Waals surface area contributed by atoms with Crippen LogP contribution in [0.15, 0.2) is 22.8 Å². The molecule has 2 aromatic rings. The summed E-state index contributed by atoms with van der Waals surface area (Å²) < 4.78 is 5.51. The van der Waals surface area contributed by atoms with Gasteiger partial charge in [-0.1, -0.05) is 27.7 Å². The predicted octanol–water partition coefficient (Wildman–Crippen LogP) is 4.02. The van der Waals surface area contributed by atoms with Crippen molar-refractivity contribution in [2.75, 3.05) is 0 Å². The maximum Gasteiger partial charge on any atom is 0.221 e. The molecule has 5 heteroatoms. The number of hydrogen-bond donors (Lipinski definition) is 2. The Morgan fingerprint density at radius 3 is 2.57 bits per heavy atom. The first-order valence-electron chi connectivity index (χ1n) is 8.04. The SMILES string of the molecule is Cc1n[nH]c(C)c1C(C)CC(=O)NC(c1ccco1)C(C)(C)C. The molecule has 2 atom stereocenters. The van der Waals surface area contributed by atoms with Crippen LogP contribution < -0.4 is 5.32 Å². The van der Waals surface area contributed by atoms with Gasteiger partial charge in [-0.3, -0.25) is 9.89 Å². The standard InChI is InChI=1S/C18H27N3O2/c1-11(16-12(2)20-21-13(16)3)10-15(22)19-17(18(4,5)6)14-8-7-9-23-14/h7-9,11,17H,10H2,1-6H3,(H,19,22)(H,20,21). The molecule has 126 valence electrons. The van der Waals surface area contributed by atoms with E-state index in [1.54, 1.807) is 6.26 Å². The zero-order valence-corrected chi connectivity index (χ0v) is 14.9. The van der Waals surface area contributed by atoms with Gasteiger partial charge in [-0.25, -0.2) is 0 Å². The second-order valence-corrected chi connectivity index (χ2v) is 7.33. The van der Waals surface area contributed by atoms with E-state index in [0.29, 0.717) is 6.42 Å². The van der Waals surface area contributed by atoms with Crippen LogP contribution in [0.1, 0.15) is 68.8 Å². The summed E-state index contributed by atoms with van der Waals surface area (Å²) in [5, 5.41) is 10.3. The molecule has 0 aromatic carbocycles. The minimum absolute atomic E-state index is 0.0221. The van der Waals surface area contributed by atoms with E-state index >= 15 is 0 Å². The van der Waals surface area contributed by atoms with E-state index in [-0.39, 0.29) is 23.3 Å². The molecule has 2 heterocycles. The molecule has 0 aliphatic heterocycles. The number of rotatable bonds is 5. The lowest BCUT2D eigenvalue weighted by Crippen LogP contribution is -2.36. The van der Waals surface area contributed by atoms with Crippen LogP contribution in [-0.2, 0) is 4.79 Å². The maximum absolute atomic E-state index is 12.5. The first kappa shape index (κ1) is 17.3. The third kappa shape index (κ3) is 4.03. The predicted molar refractivity (Wildman–Crippen MR) is 90.1 cm³/mol. The molecule has 0 fully saturated rings. The summed E-state index contributed by atoms with van der Waals surface area (Å²) in [6, 6.07) is 3.61. The highest BCUT2D eigenvalue weighted by molar-refractivity contribution is 5.77. The van der Waals surface area contributed by atoms with Gasteiger partial charge in [-0.05, 0) is 42.9 Å². The minimum atomic E-state index is -0.149. The summed E-state index contributed by atoms with van der Waals surface area (Å²) in [5.41, 5.74) is 2.99. The highest BCUT2D eigenvalue weighted by Crippen LogP contribution is 2.33. The lowest BCUT2D eigenvalue weighted by atomic mass is 9.85. The summed E-state index contributed by atoms with van der Waals surface area (Å²) in [7, 11) is 0. The molecule has 2 unspecified atom stereocenters. The maximum atomic E-state index is 12.5. The van der Waals surface area contributed by atoms with Gasteiger partial charge in [-0.2, -0.15) is 5.10 Å². The summed E-state index contributed by atoms with van der Waals surface area (Å²) in [4.78, 5) is 12.5. The van der Waals surface area contributed by atoms with Crippen molar-refractivity contribution in [3.63, 3.8) is 0 Å². The number of H-pyrrole nitrogens is 1. The number of aryl methyl sites for hydroxylation is 2. The van der Waals surface area contributed by atoms with Gasteiger partial charge in [-0.15, -0.1) is 0 Å². The van der Waals surface area contributed by atoms with Gasteiger partial charge in [0.25, 0.3) is 0 Å². The Kier molecular flexibility index (Phi) is 4.97. The van der Waals surface area contributed by atoms with Crippen LogP contribution in [0.25, 0.3) is 0 Å². The van der Waals surface area contributed by atoms with Crippen molar-refractivity contribution in [2.45, 2.75) is 59.9 Å². The number of aromatic amines is 1. The fourth-order valence-corrected chi connectivity index (χ4v) is 3.06. The number of amides is 1. The second kappa shape index (κ2) is 6.60. The normalized spacial score (nSPS) is 14.5. The van der Waals surface area contributed by atoms with E-state index in [4.69, 9.17) is 4.42 Å². The molecule has 23 heavy (non-hydrogen) atoms. The number of nitrogens with zero attached hydrogens (tertiary/aromatic N) is 1. The molecule has 2 aromatic heterocycles. The molecular formula is C18H27N3O2. The number of nitrogens with one attached hydrogen (secondary N) is 2. The third-order valence-electron chi connectivity index (χ3n) is 4.17. The van der Waals surface area contributed by atoms with E-state index < -0.39 is 0 Å². The van der Waals surface area contributed by atoms with Crippen LogP contribution in [0, 0.1) is 19.3 Å². The Morgan fingerprint density at radius 2 is 2.09 bits per heavy atom. The molecule has 0 saturated carbocycles. The number of carbonyl (C=O) groups is 1. The Labute approximate surface area is 137 Å². The molecule has 0 radical (unpaired) electrons. The molecule has 1 amide bonds. The van der Waals surface area contributed by atoms with Crippen molar-refractivity contribution >= 4 is 5.91 Å². The zero-order valence-electron chi connectivity index (χ0n) is 14.9. The van der Waals surface area contributed by atoms with Gasteiger partial charge < -0.3 is 9.73 Å².